The highest BCUT2D eigenvalue weighted by Crippen LogP contribution is 2.23. The van der Waals surface area contributed by atoms with E-state index in [9.17, 15) is 4.39 Å². The summed E-state index contributed by atoms with van der Waals surface area (Å²) in [5, 5.41) is 0.405. The maximum Gasteiger partial charge on any atom is 0.225 e. The summed E-state index contributed by atoms with van der Waals surface area (Å²) < 4.78 is 12.9. The van der Waals surface area contributed by atoms with Gasteiger partial charge in [0.05, 0.1) is 5.75 Å². The summed E-state index contributed by atoms with van der Waals surface area (Å²) in [4.78, 5) is 11.6. The second kappa shape index (κ2) is 6.03. The number of hydrogen-bond donors (Lipinski definition) is 2. The van der Waals surface area contributed by atoms with Gasteiger partial charge in [-0.15, -0.1) is 11.8 Å². The summed E-state index contributed by atoms with van der Waals surface area (Å²) in [7, 11) is 0. The predicted octanol–water partition coefficient (Wildman–Crippen LogP) is 2.26. The molecule has 0 saturated heterocycles. The van der Waals surface area contributed by atoms with Gasteiger partial charge >= 0.3 is 0 Å². The minimum absolute atomic E-state index is 0.0999. The topological polar surface area (TPSA) is 90.7 Å². The van der Waals surface area contributed by atoms with Gasteiger partial charge in [-0.2, -0.15) is 15.0 Å². The second-order valence-corrected chi connectivity index (χ2v) is 5.09. The minimum Gasteiger partial charge on any atom is -0.368 e. The fourth-order valence-electron chi connectivity index (χ4n) is 1.41. The van der Waals surface area contributed by atoms with Crippen LogP contribution in [0.1, 0.15) is 11.4 Å². The van der Waals surface area contributed by atoms with Gasteiger partial charge in [-0.25, -0.2) is 4.39 Å². The van der Waals surface area contributed by atoms with Crippen molar-refractivity contribution in [3.8, 4) is 0 Å². The SMILES string of the molecule is Nc1nc(N)nc(CSCc2ccc(F)cc2Cl)n1. The number of aromatic nitrogens is 3. The monoisotopic (exact) mass is 299 g/mol. The number of hydrogen-bond acceptors (Lipinski definition) is 6. The van der Waals surface area contributed by atoms with Crippen LogP contribution in [0.15, 0.2) is 18.2 Å². The molecule has 0 spiro atoms. The molecule has 19 heavy (non-hydrogen) atoms. The zero-order valence-electron chi connectivity index (χ0n) is 9.81. The molecule has 0 aliphatic rings. The molecule has 0 aliphatic carbocycles. The molecule has 1 aromatic heterocycles. The van der Waals surface area contributed by atoms with Gasteiger partial charge in [-0.1, -0.05) is 17.7 Å². The maximum atomic E-state index is 12.9. The standard InChI is InChI=1S/C11H11ClFN5S/c12-8-3-7(13)2-1-6(8)4-19-5-9-16-10(14)18-11(15)17-9/h1-3H,4-5H2,(H4,14,15,16,17,18). The summed E-state index contributed by atoms with van der Waals surface area (Å²) in [6.45, 7) is 0. The quantitative estimate of drug-likeness (QED) is 0.900. The van der Waals surface area contributed by atoms with Crippen molar-refractivity contribution < 1.29 is 4.39 Å². The van der Waals surface area contributed by atoms with Crippen molar-refractivity contribution in [2.45, 2.75) is 11.5 Å². The number of nitrogens with two attached hydrogens (primary N) is 2. The molecule has 8 heteroatoms. The Hall–Kier alpha value is -1.60. The minimum atomic E-state index is -0.350. The summed E-state index contributed by atoms with van der Waals surface area (Å²) in [6, 6.07) is 4.32. The van der Waals surface area contributed by atoms with E-state index < -0.39 is 0 Å². The van der Waals surface area contributed by atoms with Crippen LogP contribution < -0.4 is 11.5 Å². The van der Waals surface area contributed by atoms with Crippen LogP contribution in [-0.4, -0.2) is 15.0 Å². The molecule has 100 valence electrons. The van der Waals surface area contributed by atoms with E-state index in [4.69, 9.17) is 23.1 Å². The number of halogens is 2. The summed E-state index contributed by atoms with van der Waals surface area (Å²) in [5.74, 6) is 1.49. The van der Waals surface area contributed by atoms with Crippen molar-refractivity contribution in [1.82, 2.24) is 15.0 Å². The number of benzene rings is 1. The zero-order valence-corrected chi connectivity index (χ0v) is 11.4. The smallest absolute Gasteiger partial charge is 0.225 e. The first kappa shape index (κ1) is 13.8. The third kappa shape index (κ3) is 3.93. The van der Waals surface area contributed by atoms with Crippen molar-refractivity contribution in [2.24, 2.45) is 0 Å². The van der Waals surface area contributed by atoms with Gasteiger partial charge in [0.2, 0.25) is 11.9 Å². The first-order valence-electron chi connectivity index (χ1n) is 5.32. The van der Waals surface area contributed by atoms with Crippen LogP contribution in [0.2, 0.25) is 5.02 Å². The zero-order chi connectivity index (χ0) is 13.8. The molecule has 5 nitrogen and oxygen atoms in total. The third-order valence-corrected chi connectivity index (χ3v) is 3.55. The Bertz CT molecular complexity index is 575. The van der Waals surface area contributed by atoms with Crippen LogP contribution in [0.25, 0.3) is 0 Å². The van der Waals surface area contributed by atoms with Crippen molar-refractivity contribution >= 4 is 35.3 Å². The maximum absolute atomic E-state index is 12.9. The van der Waals surface area contributed by atoms with Gasteiger partial charge in [0.1, 0.15) is 11.6 Å². The van der Waals surface area contributed by atoms with Gasteiger partial charge < -0.3 is 11.5 Å². The van der Waals surface area contributed by atoms with Crippen LogP contribution in [0.3, 0.4) is 0 Å². The van der Waals surface area contributed by atoms with E-state index in [2.05, 4.69) is 15.0 Å². The molecule has 0 fully saturated rings. The molecule has 0 bridgehead atoms. The lowest BCUT2D eigenvalue weighted by Gasteiger charge is -2.04. The molecule has 2 aromatic rings. The van der Waals surface area contributed by atoms with E-state index in [1.54, 1.807) is 6.07 Å². The van der Waals surface area contributed by atoms with Gasteiger partial charge in [0.15, 0.2) is 0 Å². The Morgan fingerprint density at radius 3 is 2.42 bits per heavy atom. The molecule has 0 atom stereocenters. The van der Waals surface area contributed by atoms with Gasteiger partial charge in [-0.3, -0.25) is 0 Å². The highest BCUT2D eigenvalue weighted by atomic mass is 35.5. The Morgan fingerprint density at radius 2 is 1.79 bits per heavy atom. The lowest BCUT2D eigenvalue weighted by Crippen LogP contribution is -2.06. The Labute approximate surface area is 118 Å². The summed E-state index contributed by atoms with van der Waals surface area (Å²) >= 11 is 7.45. The molecule has 1 aromatic carbocycles. The third-order valence-electron chi connectivity index (χ3n) is 2.22. The fourth-order valence-corrected chi connectivity index (χ4v) is 2.61. The Kier molecular flexibility index (Phi) is 4.39. The first-order chi connectivity index (χ1) is 9.04. The van der Waals surface area contributed by atoms with E-state index in [1.165, 1.54) is 23.9 Å². The second-order valence-electron chi connectivity index (χ2n) is 3.70. The van der Waals surface area contributed by atoms with Gasteiger partial charge in [0.25, 0.3) is 0 Å². The average molecular weight is 300 g/mol. The molecule has 0 saturated carbocycles. The van der Waals surface area contributed by atoms with Gasteiger partial charge in [0, 0.05) is 10.8 Å². The van der Waals surface area contributed by atoms with Crippen molar-refractivity contribution in [1.29, 1.82) is 0 Å². The van der Waals surface area contributed by atoms with E-state index >= 15 is 0 Å². The number of anilines is 2. The molecule has 2 rings (SSSR count). The van der Waals surface area contributed by atoms with Crippen LogP contribution in [0.4, 0.5) is 16.3 Å². The van der Waals surface area contributed by atoms with E-state index in [1.807, 2.05) is 0 Å². The fraction of sp³-hybridized carbons (Fsp3) is 0.182. The van der Waals surface area contributed by atoms with E-state index in [0.29, 0.717) is 22.4 Å². The molecular formula is C11H11ClFN5S. The highest BCUT2D eigenvalue weighted by molar-refractivity contribution is 7.97. The average Bonchev–Trinajstić information content (AvgIpc) is 2.30. The molecular weight excluding hydrogens is 289 g/mol. The van der Waals surface area contributed by atoms with Crippen molar-refractivity contribution in [2.75, 3.05) is 11.5 Å². The Morgan fingerprint density at radius 1 is 1.11 bits per heavy atom. The number of thioether (sulfide) groups is 1. The molecule has 0 unspecified atom stereocenters. The Balaban J connectivity index is 1.96. The number of nitrogens with zero attached hydrogens (tertiary/aromatic N) is 3. The van der Waals surface area contributed by atoms with Crippen molar-refractivity contribution in [3.63, 3.8) is 0 Å². The lowest BCUT2D eigenvalue weighted by atomic mass is 10.2. The van der Waals surface area contributed by atoms with E-state index in [-0.39, 0.29) is 17.7 Å². The lowest BCUT2D eigenvalue weighted by molar-refractivity contribution is 0.627. The predicted molar refractivity (Wildman–Crippen MR) is 75.1 cm³/mol. The molecule has 1 heterocycles. The normalized spacial score (nSPS) is 10.6. The molecule has 4 N–H and O–H groups in total. The molecule has 0 amide bonds. The van der Waals surface area contributed by atoms with Crippen molar-refractivity contribution in [3.05, 3.63) is 40.4 Å². The largest absolute Gasteiger partial charge is 0.368 e. The van der Waals surface area contributed by atoms with E-state index in [0.717, 1.165) is 5.56 Å². The first-order valence-corrected chi connectivity index (χ1v) is 6.85. The molecule has 0 aliphatic heterocycles. The van der Waals surface area contributed by atoms with Crippen LogP contribution in [0.5, 0.6) is 0 Å². The summed E-state index contributed by atoms with van der Waals surface area (Å²) in [5.41, 5.74) is 11.8. The van der Waals surface area contributed by atoms with Crippen LogP contribution in [0, 0.1) is 5.82 Å². The molecule has 0 radical (unpaired) electrons. The van der Waals surface area contributed by atoms with Crippen LogP contribution >= 0.6 is 23.4 Å². The summed E-state index contributed by atoms with van der Waals surface area (Å²) in [6.07, 6.45) is 0. The van der Waals surface area contributed by atoms with Crippen LogP contribution in [-0.2, 0) is 11.5 Å². The number of rotatable bonds is 4. The van der Waals surface area contributed by atoms with Gasteiger partial charge in [-0.05, 0) is 17.7 Å². The highest BCUT2D eigenvalue weighted by Gasteiger charge is 2.05. The number of nitrogen functional groups attached to an aromatic ring is 2.